The van der Waals surface area contributed by atoms with Crippen molar-refractivity contribution in [3.63, 3.8) is 0 Å². The lowest BCUT2D eigenvalue weighted by molar-refractivity contribution is 0.0984. The first-order valence-corrected chi connectivity index (χ1v) is 18.3. The fourth-order valence-electron chi connectivity index (χ4n) is 4.66. The molecule has 0 radical (unpaired) electrons. The molecule has 0 aromatic heterocycles. The van der Waals surface area contributed by atoms with E-state index in [2.05, 4.69) is 22.6 Å². The van der Waals surface area contributed by atoms with Crippen LogP contribution in [0.15, 0.2) is 82.6 Å². The number of para-hydroxylation sites is 2. The minimum Gasteiger partial charge on any atom is -0.494 e. The first-order chi connectivity index (χ1) is 21.0. The zero-order valence-corrected chi connectivity index (χ0v) is 30.5. The van der Waals surface area contributed by atoms with Gasteiger partial charge >= 0.3 is 0 Å². The van der Waals surface area contributed by atoms with Crippen molar-refractivity contribution in [2.45, 2.75) is 9.79 Å². The van der Waals surface area contributed by atoms with E-state index in [1.165, 1.54) is 24.1 Å². The molecular formula is C30H22Cl2I2N2O6S2. The fraction of sp³-hybridized carbons (Fsp3) is 0.133. The number of methoxy groups -OCH3 is 2. The SMILES string of the molecule is COc1c(Cl)cc(C(=O)N2CS(=O)(=O)c3ccccc32)cc1I.COc1c(Cl)cc(C(=O)N2CSc3ccccc32)cc1I. The summed E-state index contributed by atoms with van der Waals surface area (Å²) in [4.78, 5) is 29.8. The van der Waals surface area contributed by atoms with Crippen LogP contribution < -0.4 is 19.3 Å². The number of anilines is 2. The zero-order valence-electron chi connectivity index (χ0n) is 23.0. The third-order valence-electron chi connectivity index (χ3n) is 6.68. The lowest BCUT2D eigenvalue weighted by atomic mass is 10.2. The maximum absolute atomic E-state index is 12.8. The standard InChI is InChI=1S/C15H11ClINO4S.C15H11ClINO2S/c1-22-14-10(16)6-9(7-11(14)17)15(19)18-8-23(20,21)13-5-3-2-4-12(13)18;1-20-14-10(16)6-9(7-11(14)17)15(19)18-8-21-13-5-3-2-4-12(13)18/h2-7H,8H2,1H3;2-7H,8H2,1H3. The van der Waals surface area contributed by atoms with E-state index in [0.717, 1.165) is 14.2 Å². The Labute approximate surface area is 296 Å². The molecule has 0 atom stereocenters. The number of sulfone groups is 1. The first kappa shape index (κ1) is 33.1. The molecule has 4 aromatic carbocycles. The van der Waals surface area contributed by atoms with Crippen LogP contribution >= 0.6 is 80.1 Å². The van der Waals surface area contributed by atoms with Gasteiger partial charge in [0.15, 0.2) is 21.3 Å². The van der Waals surface area contributed by atoms with Gasteiger partial charge in [0.1, 0.15) is 5.88 Å². The average Bonchev–Trinajstić information content (AvgIpc) is 3.55. The van der Waals surface area contributed by atoms with Crippen molar-refractivity contribution < 1.29 is 27.5 Å². The van der Waals surface area contributed by atoms with Gasteiger partial charge in [0.05, 0.1) is 53.6 Å². The van der Waals surface area contributed by atoms with Crippen LogP contribution in [0.5, 0.6) is 11.5 Å². The molecule has 8 nitrogen and oxygen atoms in total. The summed E-state index contributed by atoms with van der Waals surface area (Å²) < 4.78 is 36.3. The predicted molar refractivity (Wildman–Crippen MR) is 191 cm³/mol. The van der Waals surface area contributed by atoms with Crippen LogP contribution in [0.25, 0.3) is 0 Å². The number of thioether (sulfide) groups is 1. The van der Waals surface area contributed by atoms with Gasteiger partial charge in [-0.3, -0.25) is 19.4 Å². The van der Waals surface area contributed by atoms with Crippen molar-refractivity contribution in [2.24, 2.45) is 0 Å². The molecule has 4 aromatic rings. The van der Waals surface area contributed by atoms with Crippen LogP contribution in [-0.2, 0) is 9.84 Å². The van der Waals surface area contributed by atoms with Crippen LogP contribution in [-0.4, -0.2) is 46.2 Å². The number of hydrogen-bond acceptors (Lipinski definition) is 7. The number of hydrogen-bond donors (Lipinski definition) is 0. The molecule has 0 spiro atoms. The molecule has 2 amide bonds. The summed E-state index contributed by atoms with van der Waals surface area (Å²) in [5.74, 6) is 0.878. The molecule has 2 heterocycles. The molecule has 0 aliphatic carbocycles. The highest BCUT2D eigenvalue weighted by Gasteiger charge is 2.36. The van der Waals surface area contributed by atoms with E-state index in [0.29, 0.717) is 47.8 Å². The van der Waals surface area contributed by atoms with E-state index >= 15 is 0 Å². The maximum atomic E-state index is 12.8. The number of benzene rings is 4. The van der Waals surface area contributed by atoms with Crippen LogP contribution in [0.1, 0.15) is 20.7 Å². The van der Waals surface area contributed by atoms with E-state index in [4.69, 9.17) is 32.7 Å². The van der Waals surface area contributed by atoms with Gasteiger partial charge in [0.2, 0.25) is 0 Å². The predicted octanol–water partition coefficient (Wildman–Crippen LogP) is 8.01. The highest BCUT2D eigenvalue weighted by Crippen LogP contribution is 2.40. The molecule has 0 saturated heterocycles. The molecule has 44 heavy (non-hydrogen) atoms. The van der Waals surface area contributed by atoms with Gasteiger partial charge in [0, 0.05) is 16.0 Å². The zero-order chi connectivity index (χ0) is 31.8. The maximum Gasteiger partial charge on any atom is 0.259 e. The smallest absolute Gasteiger partial charge is 0.259 e. The van der Waals surface area contributed by atoms with Crippen molar-refractivity contribution in [1.82, 2.24) is 0 Å². The highest BCUT2D eigenvalue weighted by atomic mass is 127. The molecule has 2 aliphatic rings. The Morgan fingerprint density at radius 1 is 0.773 bits per heavy atom. The molecule has 0 saturated carbocycles. The van der Waals surface area contributed by atoms with Gasteiger partial charge in [-0.2, -0.15) is 0 Å². The third-order valence-corrected chi connectivity index (χ3v) is 11.5. The monoisotopic (exact) mass is 894 g/mol. The van der Waals surface area contributed by atoms with Crippen LogP contribution in [0.4, 0.5) is 11.4 Å². The Morgan fingerprint density at radius 2 is 1.27 bits per heavy atom. The second-order valence-electron chi connectivity index (χ2n) is 9.37. The van der Waals surface area contributed by atoms with E-state index in [-0.39, 0.29) is 16.7 Å². The van der Waals surface area contributed by atoms with Crippen molar-refractivity contribution >= 4 is 113 Å². The molecule has 2 aliphatic heterocycles. The minimum atomic E-state index is -3.50. The van der Waals surface area contributed by atoms with Gasteiger partial charge in [-0.05, 0) is 93.7 Å². The number of amides is 2. The first-order valence-electron chi connectivity index (χ1n) is 12.7. The average molecular weight is 895 g/mol. The Balaban J connectivity index is 0.000000175. The minimum absolute atomic E-state index is 0.0464. The van der Waals surface area contributed by atoms with Gasteiger partial charge in [0.25, 0.3) is 11.8 Å². The topological polar surface area (TPSA) is 93.2 Å². The summed E-state index contributed by atoms with van der Waals surface area (Å²) in [5.41, 5.74) is 2.23. The van der Waals surface area contributed by atoms with Crippen molar-refractivity contribution in [3.8, 4) is 11.5 Å². The Hall–Kier alpha value is -2.24. The molecule has 228 valence electrons. The number of rotatable bonds is 4. The molecule has 14 heteroatoms. The second-order valence-corrected chi connectivity index (χ2v) is 15.4. The largest absolute Gasteiger partial charge is 0.494 e. The molecule has 0 unspecified atom stereocenters. The molecular weight excluding hydrogens is 873 g/mol. The number of ether oxygens (including phenoxy) is 2. The van der Waals surface area contributed by atoms with E-state index < -0.39 is 15.7 Å². The third kappa shape index (κ3) is 6.51. The van der Waals surface area contributed by atoms with Gasteiger partial charge in [-0.1, -0.05) is 47.5 Å². The quantitative estimate of drug-likeness (QED) is 0.192. The van der Waals surface area contributed by atoms with Crippen molar-refractivity contribution in [2.75, 3.05) is 35.8 Å². The lowest BCUT2D eigenvalue weighted by Crippen LogP contribution is -2.30. The number of fused-ring (bicyclic) bond motifs is 2. The van der Waals surface area contributed by atoms with Crippen LogP contribution in [0.3, 0.4) is 0 Å². The van der Waals surface area contributed by atoms with E-state index in [9.17, 15) is 18.0 Å². The fourth-order valence-corrected chi connectivity index (χ4v) is 9.81. The Kier molecular flexibility index (Phi) is 10.3. The summed E-state index contributed by atoms with van der Waals surface area (Å²) >= 11 is 18.1. The highest BCUT2D eigenvalue weighted by molar-refractivity contribution is 14.1. The van der Waals surface area contributed by atoms with Crippen molar-refractivity contribution in [3.05, 3.63) is 101 Å². The normalized spacial score (nSPS) is 14.3. The summed E-state index contributed by atoms with van der Waals surface area (Å²) in [5, 5.41) is 0.756. The summed E-state index contributed by atoms with van der Waals surface area (Å²) in [6.07, 6.45) is 0. The molecule has 0 fully saturated rings. The van der Waals surface area contributed by atoms with Crippen LogP contribution in [0, 0.1) is 7.14 Å². The summed E-state index contributed by atoms with van der Waals surface area (Å²) in [7, 11) is -0.433. The molecule has 6 rings (SSSR count). The number of carbonyl (C=O) groups excluding carboxylic acids is 2. The second kappa shape index (κ2) is 13.6. The molecule has 0 N–H and O–H groups in total. The van der Waals surface area contributed by atoms with Crippen molar-refractivity contribution in [1.29, 1.82) is 0 Å². The summed E-state index contributed by atoms with van der Waals surface area (Å²) in [6, 6.07) is 20.9. The van der Waals surface area contributed by atoms with Gasteiger partial charge in [-0.15, -0.1) is 11.8 Å². The van der Waals surface area contributed by atoms with E-state index in [1.54, 1.807) is 60.2 Å². The van der Waals surface area contributed by atoms with Gasteiger partial charge in [-0.25, -0.2) is 8.42 Å². The van der Waals surface area contributed by atoms with Gasteiger partial charge < -0.3 is 9.47 Å². The Morgan fingerprint density at radius 3 is 1.82 bits per heavy atom. The number of carbonyl (C=O) groups is 2. The Bertz CT molecular complexity index is 1860. The van der Waals surface area contributed by atoms with Crippen LogP contribution in [0.2, 0.25) is 10.0 Å². The number of nitrogens with zero attached hydrogens (tertiary/aromatic N) is 2. The molecule has 0 bridgehead atoms. The van der Waals surface area contributed by atoms with E-state index in [1.807, 2.05) is 46.9 Å². The lowest BCUT2D eigenvalue weighted by Gasteiger charge is -2.17. The summed E-state index contributed by atoms with van der Waals surface area (Å²) in [6.45, 7) is 0. The number of halogens is 4.